The lowest BCUT2D eigenvalue weighted by Gasteiger charge is -2.14. The molecule has 5 heteroatoms. The first-order valence-corrected chi connectivity index (χ1v) is 7.50. The molecule has 0 bridgehead atoms. The zero-order chi connectivity index (χ0) is 16.1. The summed E-state index contributed by atoms with van der Waals surface area (Å²) in [6, 6.07) is 10.4. The second-order valence-corrected chi connectivity index (χ2v) is 6.02. The first-order chi connectivity index (χ1) is 10.5. The number of nitriles is 1. The van der Waals surface area contributed by atoms with Crippen molar-refractivity contribution in [3.8, 4) is 17.5 Å². The molecule has 0 aliphatic carbocycles. The van der Waals surface area contributed by atoms with E-state index in [9.17, 15) is 0 Å². The highest BCUT2D eigenvalue weighted by Crippen LogP contribution is 2.20. The normalized spacial score (nSPS) is 12.6. The number of benzene rings is 1. The summed E-state index contributed by atoms with van der Waals surface area (Å²) in [5.41, 5.74) is 2.24. The van der Waals surface area contributed by atoms with Crippen LogP contribution in [0.1, 0.15) is 38.1 Å². The number of nitrogens with zero attached hydrogens (tertiary/aromatic N) is 4. The predicted octanol–water partition coefficient (Wildman–Crippen LogP) is 3.45. The van der Waals surface area contributed by atoms with Crippen molar-refractivity contribution >= 4 is 0 Å². The minimum atomic E-state index is -0.0176. The van der Waals surface area contributed by atoms with Crippen molar-refractivity contribution in [1.82, 2.24) is 15.0 Å². The van der Waals surface area contributed by atoms with Gasteiger partial charge in [0, 0.05) is 12.1 Å². The molecule has 116 valence electrons. The lowest BCUT2D eigenvalue weighted by molar-refractivity contribution is 0.253. The molecule has 1 aromatic carbocycles. The third-order valence-corrected chi connectivity index (χ3v) is 3.51. The molecular formula is C17H22N4O. The molecule has 0 saturated heterocycles. The van der Waals surface area contributed by atoms with Crippen molar-refractivity contribution in [2.24, 2.45) is 5.92 Å². The Hall–Kier alpha value is -2.19. The van der Waals surface area contributed by atoms with E-state index in [4.69, 9.17) is 9.78 Å². The molecular weight excluding hydrogens is 276 g/mol. The van der Waals surface area contributed by atoms with Crippen LogP contribution in [0.15, 0.2) is 28.8 Å². The molecule has 0 amide bonds. The van der Waals surface area contributed by atoms with Crippen molar-refractivity contribution in [2.45, 2.75) is 33.2 Å². The monoisotopic (exact) mass is 298 g/mol. The fourth-order valence-corrected chi connectivity index (χ4v) is 2.26. The van der Waals surface area contributed by atoms with Gasteiger partial charge in [-0.25, -0.2) is 0 Å². The highest BCUT2D eigenvalue weighted by molar-refractivity contribution is 5.54. The van der Waals surface area contributed by atoms with Gasteiger partial charge in [-0.2, -0.15) is 10.2 Å². The number of hydrogen-bond donors (Lipinski definition) is 0. The highest BCUT2D eigenvalue weighted by atomic mass is 16.5. The Morgan fingerprint density at radius 3 is 2.50 bits per heavy atom. The van der Waals surface area contributed by atoms with E-state index in [1.54, 1.807) is 0 Å². The molecule has 22 heavy (non-hydrogen) atoms. The number of hydrogen-bond acceptors (Lipinski definition) is 5. The summed E-state index contributed by atoms with van der Waals surface area (Å²) in [6.45, 7) is 7.45. The fraction of sp³-hybridized carbons (Fsp3) is 0.471. The van der Waals surface area contributed by atoms with Gasteiger partial charge in [-0.1, -0.05) is 43.3 Å². The molecule has 1 unspecified atom stereocenters. The van der Waals surface area contributed by atoms with Gasteiger partial charge in [-0.3, -0.25) is 4.90 Å². The van der Waals surface area contributed by atoms with E-state index < -0.39 is 0 Å². The standard InChI is InChI=1S/C17H22N4O/c1-12(2)14-5-7-15(8-6-14)17-19-16(22-20-17)11-21(4)10-13(3)9-18/h5-8,12-13H,10-11H2,1-4H3. The van der Waals surface area contributed by atoms with Crippen molar-refractivity contribution in [3.63, 3.8) is 0 Å². The summed E-state index contributed by atoms with van der Waals surface area (Å²) in [7, 11) is 1.94. The molecule has 0 saturated carbocycles. The fourth-order valence-electron chi connectivity index (χ4n) is 2.26. The van der Waals surface area contributed by atoms with Gasteiger partial charge in [0.25, 0.3) is 0 Å². The van der Waals surface area contributed by atoms with Gasteiger partial charge in [0.15, 0.2) is 0 Å². The maximum Gasteiger partial charge on any atom is 0.241 e. The van der Waals surface area contributed by atoms with Crippen LogP contribution in [0, 0.1) is 17.2 Å². The summed E-state index contributed by atoms with van der Waals surface area (Å²) in [6.07, 6.45) is 0. The predicted molar refractivity (Wildman–Crippen MR) is 84.9 cm³/mol. The van der Waals surface area contributed by atoms with Crippen LogP contribution in [0.2, 0.25) is 0 Å². The molecule has 0 N–H and O–H groups in total. The first-order valence-electron chi connectivity index (χ1n) is 7.50. The van der Waals surface area contributed by atoms with Gasteiger partial charge in [0.05, 0.1) is 18.5 Å². The average molecular weight is 298 g/mol. The highest BCUT2D eigenvalue weighted by Gasteiger charge is 2.12. The minimum Gasteiger partial charge on any atom is -0.338 e. The van der Waals surface area contributed by atoms with E-state index in [1.807, 2.05) is 31.0 Å². The quantitative estimate of drug-likeness (QED) is 0.817. The Balaban J connectivity index is 2.03. The zero-order valence-electron chi connectivity index (χ0n) is 13.6. The lowest BCUT2D eigenvalue weighted by atomic mass is 10.0. The maximum absolute atomic E-state index is 8.84. The van der Waals surface area contributed by atoms with Crippen LogP contribution >= 0.6 is 0 Å². The molecule has 1 heterocycles. The van der Waals surface area contributed by atoms with Gasteiger partial charge < -0.3 is 4.52 Å². The van der Waals surface area contributed by atoms with Crippen molar-refractivity contribution in [2.75, 3.05) is 13.6 Å². The minimum absolute atomic E-state index is 0.0176. The Bertz CT molecular complexity index is 639. The lowest BCUT2D eigenvalue weighted by Crippen LogP contribution is -2.23. The second-order valence-electron chi connectivity index (χ2n) is 6.02. The molecule has 0 fully saturated rings. The molecule has 0 radical (unpaired) electrons. The Morgan fingerprint density at radius 1 is 1.23 bits per heavy atom. The Labute approximate surface area is 131 Å². The maximum atomic E-state index is 8.84. The van der Waals surface area contributed by atoms with E-state index in [0.717, 1.165) is 5.56 Å². The van der Waals surface area contributed by atoms with E-state index >= 15 is 0 Å². The second kappa shape index (κ2) is 7.19. The molecule has 1 atom stereocenters. The van der Waals surface area contributed by atoms with E-state index in [0.29, 0.717) is 30.7 Å². The third kappa shape index (κ3) is 4.15. The molecule has 2 aromatic rings. The molecule has 5 nitrogen and oxygen atoms in total. The number of aromatic nitrogens is 2. The SMILES string of the molecule is CC(C#N)CN(C)Cc1nc(-c2ccc(C(C)C)cc2)no1. The molecule has 0 spiro atoms. The van der Waals surface area contributed by atoms with Crippen LogP contribution in [0.4, 0.5) is 0 Å². The summed E-state index contributed by atoms with van der Waals surface area (Å²) >= 11 is 0. The van der Waals surface area contributed by atoms with E-state index in [2.05, 4.69) is 42.2 Å². The summed E-state index contributed by atoms with van der Waals surface area (Å²) < 4.78 is 5.30. The largest absolute Gasteiger partial charge is 0.338 e. The molecule has 0 aliphatic heterocycles. The molecule has 1 aromatic heterocycles. The van der Waals surface area contributed by atoms with Gasteiger partial charge >= 0.3 is 0 Å². The third-order valence-electron chi connectivity index (χ3n) is 3.51. The molecule has 2 rings (SSSR count). The van der Waals surface area contributed by atoms with Crippen molar-refractivity contribution in [1.29, 1.82) is 5.26 Å². The van der Waals surface area contributed by atoms with Gasteiger partial charge in [0.2, 0.25) is 11.7 Å². The summed E-state index contributed by atoms with van der Waals surface area (Å²) in [5, 5.41) is 12.9. The number of rotatable bonds is 6. The topological polar surface area (TPSA) is 66.0 Å². The van der Waals surface area contributed by atoms with Crippen LogP contribution in [0.5, 0.6) is 0 Å². The van der Waals surface area contributed by atoms with Crippen LogP contribution in [0.25, 0.3) is 11.4 Å². The van der Waals surface area contributed by atoms with Gasteiger partial charge in [0.1, 0.15) is 0 Å². The smallest absolute Gasteiger partial charge is 0.241 e. The van der Waals surface area contributed by atoms with Crippen LogP contribution in [-0.4, -0.2) is 28.6 Å². The van der Waals surface area contributed by atoms with Crippen LogP contribution in [0.3, 0.4) is 0 Å². The van der Waals surface area contributed by atoms with Gasteiger partial charge in [-0.15, -0.1) is 0 Å². The summed E-state index contributed by atoms with van der Waals surface area (Å²) in [5.74, 6) is 1.66. The van der Waals surface area contributed by atoms with Crippen LogP contribution in [-0.2, 0) is 6.54 Å². The van der Waals surface area contributed by atoms with E-state index in [1.165, 1.54) is 5.56 Å². The van der Waals surface area contributed by atoms with Crippen molar-refractivity contribution < 1.29 is 4.52 Å². The van der Waals surface area contributed by atoms with Crippen LogP contribution < -0.4 is 0 Å². The zero-order valence-corrected chi connectivity index (χ0v) is 13.6. The average Bonchev–Trinajstić information content (AvgIpc) is 2.95. The first kappa shape index (κ1) is 16.2. The van der Waals surface area contributed by atoms with E-state index in [-0.39, 0.29) is 5.92 Å². The Morgan fingerprint density at radius 2 is 1.91 bits per heavy atom. The Kier molecular flexibility index (Phi) is 5.29. The summed E-state index contributed by atoms with van der Waals surface area (Å²) in [4.78, 5) is 6.43. The van der Waals surface area contributed by atoms with Crippen molar-refractivity contribution in [3.05, 3.63) is 35.7 Å². The molecule has 0 aliphatic rings. The van der Waals surface area contributed by atoms with Gasteiger partial charge in [-0.05, 0) is 25.5 Å².